The summed E-state index contributed by atoms with van der Waals surface area (Å²) in [6.07, 6.45) is 1.93. The number of aliphatic imine (C=N–C) groups is 1. The van der Waals surface area contributed by atoms with Gasteiger partial charge in [-0.15, -0.1) is 0 Å². The molecule has 0 aliphatic heterocycles. The lowest BCUT2D eigenvalue weighted by Crippen LogP contribution is -2.16. The number of nitrogens with two attached hydrogens (primary N) is 1. The van der Waals surface area contributed by atoms with E-state index in [1.807, 2.05) is 18.2 Å². The first-order valence-electron chi connectivity index (χ1n) is 6.49. The second-order valence-corrected chi connectivity index (χ2v) is 4.93. The number of amidine groups is 1. The summed E-state index contributed by atoms with van der Waals surface area (Å²) in [5.74, 6) is 1.37. The van der Waals surface area contributed by atoms with Gasteiger partial charge in [-0.1, -0.05) is 44.2 Å². The number of ether oxygens (including phenoxy) is 1. The second-order valence-electron chi connectivity index (χ2n) is 4.93. The first-order valence-corrected chi connectivity index (χ1v) is 6.49. The van der Waals surface area contributed by atoms with Gasteiger partial charge in [-0.3, -0.25) is 4.99 Å². The Morgan fingerprint density at radius 1 is 1.28 bits per heavy atom. The minimum Gasteiger partial charge on any atom is -0.387 e. The molecular formula is C15H24N2O. The zero-order chi connectivity index (χ0) is 13.4. The van der Waals surface area contributed by atoms with Crippen molar-refractivity contribution in [3.63, 3.8) is 0 Å². The molecule has 1 rings (SSSR count). The van der Waals surface area contributed by atoms with E-state index in [9.17, 15) is 0 Å². The number of rotatable bonds is 7. The summed E-state index contributed by atoms with van der Waals surface area (Å²) in [6, 6.07) is 10.1. The minimum absolute atomic E-state index is 0.00311. The predicted molar refractivity (Wildman–Crippen MR) is 76.8 cm³/mol. The third-order valence-electron chi connectivity index (χ3n) is 2.81. The number of benzene rings is 1. The third kappa shape index (κ3) is 5.32. The van der Waals surface area contributed by atoms with Gasteiger partial charge in [0.25, 0.3) is 0 Å². The Morgan fingerprint density at radius 2 is 1.94 bits per heavy atom. The molecule has 100 valence electrons. The van der Waals surface area contributed by atoms with E-state index in [-0.39, 0.29) is 6.04 Å². The first-order chi connectivity index (χ1) is 8.63. The molecule has 0 aliphatic rings. The molecule has 0 amide bonds. The van der Waals surface area contributed by atoms with Crippen LogP contribution in [0.4, 0.5) is 0 Å². The van der Waals surface area contributed by atoms with Gasteiger partial charge in [0.1, 0.15) is 6.04 Å². The van der Waals surface area contributed by atoms with E-state index in [4.69, 9.17) is 10.5 Å². The smallest absolute Gasteiger partial charge is 0.100 e. The van der Waals surface area contributed by atoms with E-state index in [2.05, 4.69) is 31.0 Å². The van der Waals surface area contributed by atoms with Crippen LogP contribution in [0.2, 0.25) is 0 Å². The number of hydrogen-bond donors (Lipinski definition) is 1. The Balaban J connectivity index is 2.70. The second kappa shape index (κ2) is 7.88. The maximum Gasteiger partial charge on any atom is 0.100 e. The van der Waals surface area contributed by atoms with Crippen molar-refractivity contribution < 1.29 is 4.74 Å². The molecule has 18 heavy (non-hydrogen) atoms. The fourth-order valence-corrected chi connectivity index (χ4v) is 1.74. The molecule has 0 bridgehead atoms. The molecule has 1 aromatic rings. The van der Waals surface area contributed by atoms with Gasteiger partial charge in [0, 0.05) is 13.5 Å². The molecule has 0 saturated carbocycles. The van der Waals surface area contributed by atoms with Crippen LogP contribution in [-0.2, 0) is 4.74 Å². The zero-order valence-corrected chi connectivity index (χ0v) is 11.6. The van der Waals surface area contributed by atoms with Gasteiger partial charge in [-0.05, 0) is 17.9 Å². The van der Waals surface area contributed by atoms with Crippen molar-refractivity contribution in [2.24, 2.45) is 16.6 Å². The third-order valence-corrected chi connectivity index (χ3v) is 2.81. The van der Waals surface area contributed by atoms with Crippen molar-refractivity contribution in [1.82, 2.24) is 0 Å². The molecule has 3 nitrogen and oxygen atoms in total. The summed E-state index contributed by atoms with van der Waals surface area (Å²) in [4.78, 5) is 4.58. The molecule has 1 atom stereocenters. The van der Waals surface area contributed by atoms with Crippen LogP contribution in [0, 0.1) is 5.92 Å². The Labute approximate surface area is 110 Å². The summed E-state index contributed by atoms with van der Waals surface area (Å²) in [7, 11) is 1.69. The SMILES string of the molecule is COC[C@H](N=C(N)CCC(C)C)c1ccccc1. The number of hydrogen-bond acceptors (Lipinski definition) is 2. The molecule has 0 aromatic heterocycles. The van der Waals surface area contributed by atoms with E-state index in [0.717, 1.165) is 24.2 Å². The molecule has 0 aliphatic carbocycles. The van der Waals surface area contributed by atoms with Gasteiger partial charge in [-0.2, -0.15) is 0 Å². The molecular weight excluding hydrogens is 224 g/mol. The van der Waals surface area contributed by atoms with Crippen molar-refractivity contribution >= 4 is 5.84 Å². The maximum atomic E-state index is 5.98. The van der Waals surface area contributed by atoms with Crippen molar-refractivity contribution in [3.8, 4) is 0 Å². The van der Waals surface area contributed by atoms with Crippen molar-refractivity contribution in [2.45, 2.75) is 32.7 Å². The topological polar surface area (TPSA) is 47.6 Å². The van der Waals surface area contributed by atoms with Gasteiger partial charge in [0.05, 0.1) is 12.4 Å². The molecule has 1 aromatic carbocycles. The summed E-state index contributed by atoms with van der Waals surface area (Å²) in [5.41, 5.74) is 7.13. The number of nitrogens with zero attached hydrogens (tertiary/aromatic N) is 1. The summed E-state index contributed by atoms with van der Waals surface area (Å²) in [6.45, 7) is 4.95. The molecule has 3 heteroatoms. The highest BCUT2D eigenvalue weighted by Gasteiger charge is 2.10. The van der Waals surface area contributed by atoms with Crippen LogP contribution in [-0.4, -0.2) is 19.6 Å². The average molecular weight is 248 g/mol. The van der Waals surface area contributed by atoms with E-state index < -0.39 is 0 Å². The molecule has 2 N–H and O–H groups in total. The van der Waals surface area contributed by atoms with E-state index in [1.54, 1.807) is 7.11 Å². The number of methoxy groups -OCH3 is 1. The Morgan fingerprint density at radius 3 is 2.50 bits per heavy atom. The lowest BCUT2D eigenvalue weighted by atomic mass is 10.1. The first kappa shape index (κ1) is 14.7. The lowest BCUT2D eigenvalue weighted by Gasteiger charge is -2.13. The zero-order valence-electron chi connectivity index (χ0n) is 11.6. The highest BCUT2D eigenvalue weighted by Crippen LogP contribution is 2.18. The fourth-order valence-electron chi connectivity index (χ4n) is 1.74. The van der Waals surface area contributed by atoms with Crippen LogP contribution in [0.15, 0.2) is 35.3 Å². The van der Waals surface area contributed by atoms with Crippen LogP contribution in [0.3, 0.4) is 0 Å². The molecule has 0 heterocycles. The van der Waals surface area contributed by atoms with Crippen molar-refractivity contribution in [2.75, 3.05) is 13.7 Å². The van der Waals surface area contributed by atoms with E-state index in [1.165, 1.54) is 0 Å². The van der Waals surface area contributed by atoms with Gasteiger partial charge in [-0.25, -0.2) is 0 Å². The molecule has 0 saturated heterocycles. The Bertz CT molecular complexity index is 360. The van der Waals surface area contributed by atoms with Crippen LogP contribution in [0.1, 0.15) is 38.3 Å². The highest BCUT2D eigenvalue weighted by molar-refractivity contribution is 5.80. The minimum atomic E-state index is 0.00311. The average Bonchev–Trinajstić information content (AvgIpc) is 2.37. The van der Waals surface area contributed by atoms with E-state index in [0.29, 0.717) is 12.5 Å². The fraction of sp³-hybridized carbons (Fsp3) is 0.533. The monoisotopic (exact) mass is 248 g/mol. The molecule has 0 spiro atoms. The summed E-state index contributed by atoms with van der Waals surface area (Å²) >= 11 is 0. The predicted octanol–water partition coefficient (Wildman–Crippen LogP) is 3.17. The van der Waals surface area contributed by atoms with Crippen LogP contribution in [0.25, 0.3) is 0 Å². The van der Waals surface area contributed by atoms with E-state index >= 15 is 0 Å². The van der Waals surface area contributed by atoms with Gasteiger partial charge < -0.3 is 10.5 Å². The van der Waals surface area contributed by atoms with Gasteiger partial charge >= 0.3 is 0 Å². The maximum absolute atomic E-state index is 5.98. The Kier molecular flexibility index (Phi) is 6.44. The lowest BCUT2D eigenvalue weighted by molar-refractivity contribution is 0.181. The summed E-state index contributed by atoms with van der Waals surface area (Å²) < 4.78 is 5.22. The quantitative estimate of drug-likeness (QED) is 0.595. The standard InChI is InChI=1S/C15H24N2O/c1-12(2)9-10-15(16)17-14(11-18-3)13-7-5-4-6-8-13/h4-8,12,14H,9-11H2,1-3H3,(H2,16,17)/t14-/m0/s1. The van der Waals surface area contributed by atoms with Crippen molar-refractivity contribution in [3.05, 3.63) is 35.9 Å². The van der Waals surface area contributed by atoms with Gasteiger partial charge in [0.2, 0.25) is 0 Å². The normalized spacial score (nSPS) is 13.9. The highest BCUT2D eigenvalue weighted by atomic mass is 16.5. The van der Waals surface area contributed by atoms with Crippen molar-refractivity contribution in [1.29, 1.82) is 0 Å². The summed E-state index contributed by atoms with van der Waals surface area (Å²) in [5, 5.41) is 0. The van der Waals surface area contributed by atoms with Gasteiger partial charge in [0.15, 0.2) is 0 Å². The Hall–Kier alpha value is -1.35. The molecule has 0 unspecified atom stereocenters. The molecule has 0 radical (unpaired) electrons. The van der Waals surface area contributed by atoms with Crippen LogP contribution < -0.4 is 5.73 Å². The van der Waals surface area contributed by atoms with Crippen LogP contribution in [0.5, 0.6) is 0 Å². The molecule has 0 fully saturated rings. The largest absolute Gasteiger partial charge is 0.387 e. The van der Waals surface area contributed by atoms with Crippen LogP contribution >= 0.6 is 0 Å².